The molecule has 1 aliphatic rings. The molecule has 0 heterocycles. The van der Waals surface area contributed by atoms with Crippen molar-refractivity contribution in [3.05, 3.63) is 0 Å². The van der Waals surface area contributed by atoms with Crippen LogP contribution in [0, 0.1) is 5.92 Å². The van der Waals surface area contributed by atoms with Crippen LogP contribution in [0.5, 0.6) is 0 Å². The first-order valence-corrected chi connectivity index (χ1v) is 6.41. The molecule has 0 spiro atoms. The van der Waals surface area contributed by atoms with Crippen LogP contribution in [0.2, 0.25) is 0 Å². The van der Waals surface area contributed by atoms with Crippen LogP contribution in [0.4, 0.5) is 13.2 Å². The van der Waals surface area contributed by atoms with Crippen LogP contribution in [-0.4, -0.2) is 43.5 Å². The molecule has 3 nitrogen and oxygen atoms in total. The Bertz CT molecular complexity index is 250. The first-order chi connectivity index (χ1) is 8.29. The van der Waals surface area contributed by atoms with Gasteiger partial charge in [0, 0.05) is 18.6 Å². The van der Waals surface area contributed by atoms with E-state index in [0.29, 0.717) is 12.5 Å². The lowest BCUT2D eigenvalue weighted by molar-refractivity contribution is -0.325. The minimum Gasteiger partial charge on any atom is -0.329 e. The molecule has 1 aliphatic carbocycles. The highest BCUT2D eigenvalue weighted by Gasteiger charge is 2.37. The Morgan fingerprint density at radius 1 is 1.33 bits per heavy atom. The van der Waals surface area contributed by atoms with Crippen LogP contribution in [0.3, 0.4) is 0 Å². The highest BCUT2D eigenvalue weighted by Crippen LogP contribution is 2.35. The van der Waals surface area contributed by atoms with Gasteiger partial charge < -0.3 is 5.73 Å². The van der Waals surface area contributed by atoms with Crippen molar-refractivity contribution in [1.29, 1.82) is 0 Å². The molecule has 0 saturated heterocycles. The van der Waals surface area contributed by atoms with Crippen molar-refractivity contribution in [3.63, 3.8) is 0 Å². The van der Waals surface area contributed by atoms with E-state index < -0.39 is 6.36 Å². The minimum absolute atomic E-state index is 0.151. The Labute approximate surface area is 106 Å². The van der Waals surface area contributed by atoms with Gasteiger partial charge in [-0.1, -0.05) is 6.92 Å². The van der Waals surface area contributed by atoms with Gasteiger partial charge in [0.2, 0.25) is 0 Å². The second kappa shape index (κ2) is 6.21. The zero-order chi connectivity index (χ0) is 13.8. The molecule has 0 radical (unpaired) electrons. The molecule has 0 aliphatic heterocycles. The molecule has 0 atom stereocenters. The van der Waals surface area contributed by atoms with Gasteiger partial charge in [-0.25, -0.2) is 0 Å². The van der Waals surface area contributed by atoms with Gasteiger partial charge in [0.25, 0.3) is 0 Å². The molecule has 108 valence electrons. The maximum atomic E-state index is 11.9. The highest BCUT2D eigenvalue weighted by molar-refractivity contribution is 4.94. The van der Waals surface area contributed by atoms with Gasteiger partial charge in [0.1, 0.15) is 0 Å². The Morgan fingerprint density at radius 3 is 2.33 bits per heavy atom. The van der Waals surface area contributed by atoms with Crippen molar-refractivity contribution in [2.75, 3.05) is 26.7 Å². The third kappa shape index (κ3) is 4.40. The summed E-state index contributed by atoms with van der Waals surface area (Å²) < 4.78 is 39.6. The highest BCUT2D eigenvalue weighted by atomic mass is 19.4. The lowest BCUT2D eigenvalue weighted by Gasteiger charge is -2.45. The maximum Gasteiger partial charge on any atom is 0.522 e. The topological polar surface area (TPSA) is 38.5 Å². The molecule has 0 aromatic heterocycles. The fraction of sp³-hybridized carbons (Fsp3) is 1.00. The van der Waals surface area contributed by atoms with Gasteiger partial charge in [0.05, 0.1) is 6.61 Å². The molecule has 1 rings (SSSR count). The van der Waals surface area contributed by atoms with E-state index in [1.165, 1.54) is 0 Å². The average Bonchev–Trinajstić information content (AvgIpc) is 2.28. The third-order valence-electron chi connectivity index (χ3n) is 4.09. The summed E-state index contributed by atoms with van der Waals surface area (Å²) in [5.41, 5.74) is 5.69. The van der Waals surface area contributed by atoms with Crippen molar-refractivity contribution >= 4 is 0 Å². The van der Waals surface area contributed by atoms with Gasteiger partial charge in [-0.05, 0) is 38.6 Å². The molecule has 1 fully saturated rings. The van der Waals surface area contributed by atoms with Crippen molar-refractivity contribution in [2.24, 2.45) is 11.7 Å². The second-order valence-corrected chi connectivity index (χ2v) is 5.33. The SMILES string of the molecule is CC1CCC(CN)(N(C)CCOC(F)(F)F)CC1. The molecule has 0 aromatic rings. The Hall–Kier alpha value is -0.330. The first kappa shape index (κ1) is 15.7. The maximum absolute atomic E-state index is 11.9. The van der Waals surface area contributed by atoms with Crippen molar-refractivity contribution < 1.29 is 17.9 Å². The van der Waals surface area contributed by atoms with E-state index in [1.54, 1.807) is 0 Å². The molecule has 6 heteroatoms. The molecule has 0 amide bonds. The molecule has 1 saturated carbocycles. The van der Waals surface area contributed by atoms with E-state index in [2.05, 4.69) is 11.7 Å². The minimum atomic E-state index is -4.54. The van der Waals surface area contributed by atoms with E-state index in [0.717, 1.165) is 25.7 Å². The third-order valence-corrected chi connectivity index (χ3v) is 4.09. The van der Waals surface area contributed by atoms with E-state index in [4.69, 9.17) is 5.73 Å². The zero-order valence-electron chi connectivity index (χ0n) is 11.1. The summed E-state index contributed by atoms with van der Waals surface area (Å²) in [6.07, 6.45) is -0.471. The van der Waals surface area contributed by atoms with Gasteiger partial charge >= 0.3 is 6.36 Å². The van der Waals surface area contributed by atoms with E-state index >= 15 is 0 Å². The lowest BCUT2D eigenvalue weighted by atomic mass is 9.76. The Kier molecular flexibility index (Phi) is 5.43. The number of rotatable bonds is 5. The van der Waals surface area contributed by atoms with Gasteiger partial charge in [0.15, 0.2) is 0 Å². The molecule has 0 bridgehead atoms. The number of ether oxygens (including phenoxy) is 1. The molecule has 18 heavy (non-hydrogen) atoms. The summed E-state index contributed by atoms with van der Waals surface area (Å²) in [6, 6.07) is 0. The van der Waals surface area contributed by atoms with Gasteiger partial charge in [-0.15, -0.1) is 13.2 Å². The van der Waals surface area contributed by atoms with Gasteiger partial charge in [-0.2, -0.15) is 0 Å². The van der Waals surface area contributed by atoms with Crippen molar-refractivity contribution in [2.45, 2.75) is 44.5 Å². The summed E-state index contributed by atoms with van der Waals surface area (Å²) in [7, 11) is 1.84. The van der Waals surface area contributed by atoms with Crippen LogP contribution in [0.25, 0.3) is 0 Å². The Balaban J connectivity index is 2.44. The Morgan fingerprint density at radius 2 is 1.89 bits per heavy atom. The lowest BCUT2D eigenvalue weighted by Crippen LogP contribution is -2.54. The number of likely N-dealkylation sites (N-methyl/N-ethyl adjacent to an activating group) is 1. The van der Waals surface area contributed by atoms with Crippen molar-refractivity contribution in [3.8, 4) is 0 Å². The predicted octanol–water partition coefficient (Wildman–Crippen LogP) is 2.36. The summed E-state index contributed by atoms with van der Waals surface area (Å²) in [5, 5.41) is 0. The normalized spacial score (nSPS) is 29.8. The fourth-order valence-electron chi connectivity index (χ4n) is 2.58. The largest absolute Gasteiger partial charge is 0.522 e. The van der Waals surface area contributed by atoms with Crippen LogP contribution in [-0.2, 0) is 4.74 Å². The van der Waals surface area contributed by atoms with E-state index in [-0.39, 0.29) is 18.7 Å². The fourth-order valence-corrected chi connectivity index (χ4v) is 2.58. The molecular weight excluding hydrogens is 245 g/mol. The summed E-state index contributed by atoms with van der Waals surface area (Å²) >= 11 is 0. The molecular formula is C12H23F3N2O. The average molecular weight is 268 g/mol. The number of nitrogens with zero attached hydrogens (tertiary/aromatic N) is 1. The first-order valence-electron chi connectivity index (χ1n) is 6.41. The predicted molar refractivity (Wildman–Crippen MR) is 64.1 cm³/mol. The number of hydrogen-bond acceptors (Lipinski definition) is 3. The van der Waals surface area contributed by atoms with Crippen LogP contribution in [0.15, 0.2) is 0 Å². The summed E-state index contributed by atoms with van der Waals surface area (Å²) in [5.74, 6) is 0.685. The van der Waals surface area contributed by atoms with E-state index in [9.17, 15) is 13.2 Å². The van der Waals surface area contributed by atoms with Crippen LogP contribution in [0.1, 0.15) is 32.6 Å². The summed E-state index contributed by atoms with van der Waals surface area (Å²) in [4.78, 5) is 1.94. The van der Waals surface area contributed by atoms with Crippen LogP contribution >= 0.6 is 0 Å². The summed E-state index contributed by atoms with van der Waals surface area (Å²) in [6.45, 7) is 2.61. The monoisotopic (exact) mass is 268 g/mol. The zero-order valence-corrected chi connectivity index (χ0v) is 11.1. The standard InChI is InChI=1S/C12H23F3N2O/c1-10-3-5-11(9-16,6-4-10)17(2)7-8-18-12(13,14)15/h10H,3-9,16H2,1-2H3. The number of halogens is 3. The van der Waals surface area contributed by atoms with Gasteiger partial charge in [-0.3, -0.25) is 9.64 Å². The number of hydrogen-bond donors (Lipinski definition) is 1. The molecule has 0 aromatic carbocycles. The number of nitrogens with two attached hydrogens (primary N) is 1. The van der Waals surface area contributed by atoms with Crippen LogP contribution < -0.4 is 5.73 Å². The second-order valence-electron chi connectivity index (χ2n) is 5.33. The van der Waals surface area contributed by atoms with Crippen molar-refractivity contribution in [1.82, 2.24) is 4.90 Å². The smallest absolute Gasteiger partial charge is 0.329 e. The number of alkyl halides is 3. The quantitative estimate of drug-likeness (QED) is 0.832. The van der Waals surface area contributed by atoms with E-state index in [1.807, 2.05) is 11.9 Å². The molecule has 2 N–H and O–H groups in total. The molecule has 0 unspecified atom stereocenters.